The zero-order chi connectivity index (χ0) is 24.7. The number of hydrogen-bond donors (Lipinski definition) is 1. The van der Waals surface area contributed by atoms with E-state index < -0.39 is 17.7 Å². The van der Waals surface area contributed by atoms with Crippen LogP contribution in [0.4, 0.5) is 0 Å². The second kappa shape index (κ2) is 11.8. The fourth-order valence-electron chi connectivity index (χ4n) is 4.32. The van der Waals surface area contributed by atoms with E-state index in [1.165, 1.54) is 0 Å². The van der Waals surface area contributed by atoms with Crippen LogP contribution in [0.1, 0.15) is 56.3 Å². The van der Waals surface area contributed by atoms with Crippen molar-refractivity contribution in [2.45, 2.75) is 46.6 Å². The van der Waals surface area contributed by atoms with E-state index in [0.717, 1.165) is 42.8 Å². The van der Waals surface area contributed by atoms with Gasteiger partial charge in [0.15, 0.2) is 0 Å². The molecule has 3 rings (SSSR count). The molecule has 0 saturated carbocycles. The van der Waals surface area contributed by atoms with Gasteiger partial charge in [-0.15, -0.1) is 0 Å². The highest BCUT2D eigenvalue weighted by Gasteiger charge is 2.45. The molecule has 1 aliphatic heterocycles. The van der Waals surface area contributed by atoms with Crippen molar-refractivity contribution in [2.24, 2.45) is 0 Å². The van der Waals surface area contributed by atoms with Crippen LogP contribution in [0.15, 0.2) is 54.1 Å². The van der Waals surface area contributed by atoms with E-state index in [-0.39, 0.29) is 11.3 Å². The number of aryl methyl sites for hydroxylation is 1. The molecule has 1 atom stereocenters. The molecule has 1 amide bonds. The third-order valence-corrected chi connectivity index (χ3v) is 6.41. The molecule has 0 spiro atoms. The van der Waals surface area contributed by atoms with Gasteiger partial charge in [-0.3, -0.25) is 9.59 Å². The first-order valence-electron chi connectivity index (χ1n) is 12.2. The smallest absolute Gasteiger partial charge is 0.295 e. The van der Waals surface area contributed by atoms with E-state index in [0.29, 0.717) is 25.3 Å². The van der Waals surface area contributed by atoms with Crippen molar-refractivity contribution in [1.29, 1.82) is 0 Å². The number of unbranched alkanes of at least 4 members (excludes halogenated alkanes) is 1. The molecule has 1 fully saturated rings. The van der Waals surface area contributed by atoms with E-state index in [9.17, 15) is 14.7 Å². The van der Waals surface area contributed by atoms with E-state index in [4.69, 9.17) is 4.74 Å². The molecule has 182 valence electrons. The van der Waals surface area contributed by atoms with Crippen molar-refractivity contribution in [3.05, 3.63) is 70.8 Å². The molecular weight excluding hydrogens is 428 g/mol. The number of likely N-dealkylation sites (N-methyl/N-ethyl adjacent to an activating group) is 1. The minimum absolute atomic E-state index is 0.134. The SMILES string of the molecule is CCCCOc1ccc(/C(O)=C2\C(=O)C(=O)N(CCN(CC)CC)[C@@H]2c2ccccc2)cc1C. The number of ketones is 1. The molecule has 0 radical (unpaired) electrons. The number of ether oxygens (including phenoxy) is 1. The van der Waals surface area contributed by atoms with Crippen molar-refractivity contribution in [1.82, 2.24) is 9.80 Å². The average molecular weight is 465 g/mol. The van der Waals surface area contributed by atoms with Gasteiger partial charge in [0.25, 0.3) is 11.7 Å². The van der Waals surface area contributed by atoms with Crippen LogP contribution in [-0.2, 0) is 9.59 Å². The Hall–Kier alpha value is -3.12. The van der Waals surface area contributed by atoms with E-state index in [1.54, 1.807) is 11.0 Å². The van der Waals surface area contributed by atoms with Crippen LogP contribution in [0, 0.1) is 6.92 Å². The number of aliphatic hydroxyl groups excluding tert-OH is 1. The zero-order valence-corrected chi connectivity index (χ0v) is 20.7. The summed E-state index contributed by atoms with van der Waals surface area (Å²) in [6.07, 6.45) is 2.01. The maximum Gasteiger partial charge on any atom is 0.295 e. The van der Waals surface area contributed by atoms with Crippen LogP contribution < -0.4 is 4.74 Å². The molecule has 1 N–H and O–H groups in total. The van der Waals surface area contributed by atoms with Crippen LogP contribution in [-0.4, -0.2) is 59.4 Å². The van der Waals surface area contributed by atoms with Crippen LogP contribution in [0.25, 0.3) is 5.76 Å². The van der Waals surface area contributed by atoms with E-state index >= 15 is 0 Å². The average Bonchev–Trinajstić information content (AvgIpc) is 3.10. The van der Waals surface area contributed by atoms with Gasteiger partial charge in [-0.1, -0.05) is 57.5 Å². The Morgan fingerprint density at radius 3 is 2.38 bits per heavy atom. The minimum atomic E-state index is -0.646. The van der Waals surface area contributed by atoms with Crippen LogP contribution in [0.3, 0.4) is 0 Å². The fourth-order valence-corrected chi connectivity index (χ4v) is 4.32. The van der Waals surface area contributed by atoms with Crippen LogP contribution >= 0.6 is 0 Å². The Kier molecular flexibility index (Phi) is 8.88. The number of carbonyl (C=O) groups is 2. The number of likely N-dealkylation sites (tertiary alicyclic amines) is 1. The van der Waals surface area contributed by atoms with E-state index in [2.05, 4.69) is 25.7 Å². The summed E-state index contributed by atoms with van der Waals surface area (Å²) in [6, 6.07) is 14.2. The molecule has 2 aromatic carbocycles. The highest BCUT2D eigenvalue weighted by atomic mass is 16.5. The molecule has 0 aromatic heterocycles. The van der Waals surface area contributed by atoms with Gasteiger partial charge >= 0.3 is 0 Å². The molecular formula is C28H36N2O4. The molecule has 1 heterocycles. The number of carbonyl (C=O) groups excluding carboxylic acids is 2. The summed E-state index contributed by atoms with van der Waals surface area (Å²) in [5, 5.41) is 11.3. The first-order valence-corrected chi connectivity index (χ1v) is 12.2. The van der Waals surface area contributed by atoms with Crippen molar-refractivity contribution in [3.8, 4) is 5.75 Å². The van der Waals surface area contributed by atoms with Crippen molar-refractivity contribution >= 4 is 17.4 Å². The number of Topliss-reactive ketones (excluding diaryl/α,β-unsaturated/α-hetero) is 1. The highest BCUT2D eigenvalue weighted by Crippen LogP contribution is 2.39. The molecule has 1 aliphatic rings. The quantitative estimate of drug-likeness (QED) is 0.221. The third kappa shape index (κ3) is 5.50. The lowest BCUT2D eigenvalue weighted by Gasteiger charge is -2.28. The maximum absolute atomic E-state index is 13.2. The number of hydrogen-bond acceptors (Lipinski definition) is 5. The lowest BCUT2D eigenvalue weighted by atomic mass is 9.95. The molecule has 1 saturated heterocycles. The highest BCUT2D eigenvalue weighted by molar-refractivity contribution is 6.46. The van der Waals surface area contributed by atoms with Gasteiger partial charge in [-0.2, -0.15) is 0 Å². The van der Waals surface area contributed by atoms with Gasteiger partial charge in [-0.05, 0) is 55.8 Å². The standard InChI is InChI=1S/C28H36N2O4/c1-5-8-18-34-23-15-14-22(19-20(23)4)26(31)24-25(21-12-10-9-11-13-21)30(28(33)27(24)32)17-16-29(6-2)7-3/h9-15,19,25,31H,5-8,16-18H2,1-4H3/b26-24+/t25-/m1/s1. The zero-order valence-electron chi connectivity index (χ0n) is 20.7. The number of nitrogens with zero attached hydrogens (tertiary/aromatic N) is 2. The maximum atomic E-state index is 13.2. The van der Waals surface area contributed by atoms with Gasteiger partial charge in [0, 0.05) is 18.7 Å². The molecule has 6 heteroatoms. The van der Waals surface area contributed by atoms with Crippen molar-refractivity contribution in [3.63, 3.8) is 0 Å². The summed E-state index contributed by atoms with van der Waals surface area (Å²) in [4.78, 5) is 30.1. The second-order valence-electron chi connectivity index (χ2n) is 8.61. The first kappa shape index (κ1) is 25.5. The van der Waals surface area contributed by atoms with Gasteiger partial charge in [0.1, 0.15) is 11.5 Å². The van der Waals surface area contributed by atoms with Crippen LogP contribution in [0.5, 0.6) is 5.75 Å². The van der Waals surface area contributed by atoms with Gasteiger partial charge in [-0.25, -0.2) is 0 Å². The molecule has 6 nitrogen and oxygen atoms in total. The minimum Gasteiger partial charge on any atom is -0.507 e. The number of benzene rings is 2. The predicted octanol–water partition coefficient (Wildman–Crippen LogP) is 4.94. The third-order valence-electron chi connectivity index (χ3n) is 6.41. The molecule has 2 aromatic rings. The Balaban J connectivity index is 2.00. The van der Waals surface area contributed by atoms with Crippen molar-refractivity contribution in [2.75, 3.05) is 32.8 Å². The summed E-state index contributed by atoms with van der Waals surface area (Å²) in [7, 11) is 0. The topological polar surface area (TPSA) is 70.1 Å². The Bertz CT molecular complexity index is 1030. The van der Waals surface area contributed by atoms with Gasteiger partial charge in [0.2, 0.25) is 0 Å². The molecule has 0 aliphatic carbocycles. The lowest BCUT2D eigenvalue weighted by Crippen LogP contribution is -2.38. The summed E-state index contributed by atoms with van der Waals surface area (Å²) in [5.41, 5.74) is 2.31. The van der Waals surface area contributed by atoms with Crippen LogP contribution in [0.2, 0.25) is 0 Å². The van der Waals surface area contributed by atoms with E-state index in [1.807, 2.05) is 49.4 Å². The first-order chi connectivity index (χ1) is 16.4. The summed E-state index contributed by atoms with van der Waals surface area (Å²) >= 11 is 0. The predicted molar refractivity (Wildman–Crippen MR) is 135 cm³/mol. The van der Waals surface area contributed by atoms with Gasteiger partial charge < -0.3 is 19.6 Å². The van der Waals surface area contributed by atoms with Gasteiger partial charge in [0.05, 0.1) is 18.2 Å². The van der Waals surface area contributed by atoms with Crippen molar-refractivity contribution < 1.29 is 19.4 Å². The summed E-state index contributed by atoms with van der Waals surface area (Å²) in [5.74, 6) is -0.615. The second-order valence-corrected chi connectivity index (χ2v) is 8.61. The fraction of sp³-hybridized carbons (Fsp3) is 0.429. The number of amides is 1. The Morgan fingerprint density at radius 2 is 1.76 bits per heavy atom. The Morgan fingerprint density at radius 1 is 1.06 bits per heavy atom. The summed E-state index contributed by atoms with van der Waals surface area (Å²) < 4.78 is 5.83. The largest absolute Gasteiger partial charge is 0.507 e. The number of rotatable bonds is 11. The lowest BCUT2D eigenvalue weighted by molar-refractivity contribution is -0.140. The monoisotopic (exact) mass is 464 g/mol. The molecule has 34 heavy (non-hydrogen) atoms. The molecule has 0 unspecified atom stereocenters. The molecule has 0 bridgehead atoms. The normalized spacial score (nSPS) is 17.6. The Labute approximate surface area is 202 Å². The summed E-state index contributed by atoms with van der Waals surface area (Å²) in [6.45, 7) is 11.6. The number of aliphatic hydroxyl groups is 1.